The summed E-state index contributed by atoms with van der Waals surface area (Å²) < 4.78 is 90.4. The van der Waals surface area contributed by atoms with Crippen LogP contribution in [0, 0.1) is 35.2 Å². The van der Waals surface area contributed by atoms with Crippen molar-refractivity contribution in [3.8, 4) is 0 Å². The molecular formula is C65H61Br3F5N3O8S3. The van der Waals surface area contributed by atoms with Crippen molar-refractivity contribution in [2.45, 2.75) is 75.5 Å². The van der Waals surface area contributed by atoms with E-state index in [1.165, 1.54) is 53.5 Å². The van der Waals surface area contributed by atoms with Crippen molar-refractivity contribution in [1.82, 2.24) is 0 Å². The average molecular weight is 1440 g/mol. The van der Waals surface area contributed by atoms with Crippen LogP contribution in [0.3, 0.4) is 0 Å². The number of carbonyl (C=O) groups excluding carboxylic acids is 4. The zero-order valence-electron chi connectivity index (χ0n) is 44.9. The van der Waals surface area contributed by atoms with Gasteiger partial charge >= 0.3 is 0 Å². The fraction of sp³-hybridized carbons (Fsp3) is 0.338. The number of aliphatic hydroxyl groups is 1. The number of alkyl halides is 2. The van der Waals surface area contributed by atoms with Crippen molar-refractivity contribution in [1.29, 1.82) is 0 Å². The summed E-state index contributed by atoms with van der Waals surface area (Å²) in [5.74, 6) is -1.18. The first kappa shape index (κ1) is 67.9. The van der Waals surface area contributed by atoms with Gasteiger partial charge < -0.3 is 24.1 Å². The number of thioether (sulfide) groups is 3. The molecule has 0 bridgehead atoms. The lowest BCUT2D eigenvalue weighted by Gasteiger charge is -2.36. The van der Waals surface area contributed by atoms with E-state index in [0.29, 0.717) is 58.9 Å². The Bertz CT molecular complexity index is 3560. The molecule has 0 spiro atoms. The van der Waals surface area contributed by atoms with E-state index in [-0.39, 0.29) is 107 Å². The monoisotopic (exact) mass is 1440 g/mol. The van der Waals surface area contributed by atoms with Gasteiger partial charge in [-0.1, -0.05) is 154 Å². The van der Waals surface area contributed by atoms with Crippen LogP contribution in [0.4, 0.5) is 22.0 Å². The smallest absolute Gasteiger partial charge is 0.264 e. The number of Topliss-reactive ketones (excluding diaryl/α,β-unsaturated/α-hetero) is 3. The van der Waals surface area contributed by atoms with E-state index in [2.05, 4.69) is 52.8 Å². The summed E-state index contributed by atoms with van der Waals surface area (Å²) in [6, 6.07) is 40.8. The van der Waals surface area contributed by atoms with Crippen LogP contribution < -0.4 is 0 Å². The van der Waals surface area contributed by atoms with E-state index >= 15 is 0 Å². The lowest BCUT2D eigenvalue weighted by atomic mass is 9.78. The highest BCUT2D eigenvalue weighted by molar-refractivity contribution is 9.11. The molecule has 6 aromatic carbocycles. The highest BCUT2D eigenvalue weighted by Gasteiger charge is 2.58. The molecule has 6 aromatic rings. The van der Waals surface area contributed by atoms with Gasteiger partial charge in [0, 0.05) is 81.8 Å². The zero-order valence-corrected chi connectivity index (χ0v) is 52.1. The quantitative estimate of drug-likeness (QED) is 0.0594. The third-order valence-corrected chi connectivity index (χ3v) is 20.6. The number of aldehydes is 1. The molecule has 87 heavy (non-hydrogen) atoms. The minimum absolute atomic E-state index is 0. The summed E-state index contributed by atoms with van der Waals surface area (Å²) in [5, 5.41) is 11.5. The Kier molecular flexibility index (Phi) is 23.2. The molecule has 3 saturated heterocycles. The maximum Gasteiger partial charge on any atom is 0.264 e. The van der Waals surface area contributed by atoms with E-state index in [4.69, 9.17) is 24.2 Å². The number of hydrogen-bond acceptors (Lipinski definition) is 14. The molecule has 9 atom stereocenters. The van der Waals surface area contributed by atoms with E-state index < -0.39 is 58.9 Å². The third kappa shape index (κ3) is 14.6. The van der Waals surface area contributed by atoms with Gasteiger partial charge in [-0.3, -0.25) is 29.4 Å². The van der Waals surface area contributed by atoms with Gasteiger partial charge in [-0.05, 0) is 54.6 Å². The molecule has 6 heterocycles. The number of rotatable bonds is 15. The minimum atomic E-state index is -2.69. The molecule has 0 saturated carbocycles. The predicted molar refractivity (Wildman–Crippen MR) is 345 cm³/mol. The molecule has 6 aliphatic heterocycles. The fourth-order valence-electron chi connectivity index (χ4n) is 11.5. The number of fused-ring (bicyclic) bond motifs is 3. The summed E-state index contributed by atoms with van der Waals surface area (Å²) in [6.45, 7) is -0.00206. The van der Waals surface area contributed by atoms with Crippen molar-refractivity contribution in [3.63, 3.8) is 0 Å². The first-order valence-electron chi connectivity index (χ1n) is 26.9. The summed E-state index contributed by atoms with van der Waals surface area (Å²) in [6.07, 6.45) is -3.94. The number of carbonyl (C=O) groups is 4. The molecule has 22 heteroatoms. The molecule has 3 fully saturated rings. The van der Waals surface area contributed by atoms with E-state index in [9.17, 15) is 46.2 Å². The number of benzene rings is 6. The molecule has 458 valence electrons. The molecule has 12 rings (SSSR count). The maximum atomic E-state index is 14.8. The van der Waals surface area contributed by atoms with Gasteiger partial charge in [-0.2, -0.15) is 0 Å². The fourth-order valence-corrected chi connectivity index (χ4v) is 16.5. The number of ether oxygens (including phenoxy) is 3. The first-order chi connectivity index (χ1) is 41.0. The number of aliphatic hydroxyl groups excluding tert-OH is 1. The van der Waals surface area contributed by atoms with Gasteiger partial charge in [-0.25, -0.2) is 22.0 Å². The largest absolute Gasteiger partial charge is 0.394 e. The zero-order chi connectivity index (χ0) is 60.0. The molecule has 11 nitrogen and oxygen atoms in total. The summed E-state index contributed by atoms with van der Waals surface area (Å²) in [4.78, 5) is 63.8. The molecular weight excluding hydrogens is 1380 g/mol. The second-order valence-corrected chi connectivity index (χ2v) is 26.9. The normalized spacial score (nSPS) is 25.8. The Morgan fingerprint density at radius 3 is 1.25 bits per heavy atom. The van der Waals surface area contributed by atoms with Gasteiger partial charge in [0.25, 0.3) is 6.43 Å². The Balaban J connectivity index is 0.000000167. The van der Waals surface area contributed by atoms with Crippen molar-refractivity contribution in [3.05, 3.63) is 210 Å². The average Bonchev–Trinajstić information content (AvgIpc) is 1.80. The van der Waals surface area contributed by atoms with E-state index in [1.54, 1.807) is 84.9 Å². The van der Waals surface area contributed by atoms with Gasteiger partial charge in [0.05, 0.1) is 66.9 Å². The van der Waals surface area contributed by atoms with Crippen molar-refractivity contribution in [2.75, 3.05) is 43.7 Å². The molecule has 1 N–H and O–H groups in total. The molecule has 0 radical (unpaired) electrons. The van der Waals surface area contributed by atoms with E-state index in [0.717, 1.165) is 15.2 Å². The molecule has 6 aliphatic rings. The van der Waals surface area contributed by atoms with Gasteiger partial charge in [-0.15, -0.1) is 35.3 Å². The minimum Gasteiger partial charge on any atom is -0.394 e. The summed E-state index contributed by atoms with van der Waals surface area (Å²) >= 11 is 14.3. The topological polar surface area (TPSA) is 153 Å². The molecule has 0 amide bonds. The number of ketones is 3. The SMILES string of the molecule is C.C.O=C(CC1=N[C@]2(c3cc(Br)ccc3F)CO[C@@H](C(F)F)[C@@H]2CS1)c1ccccc1.O=C(CC1=N[C@]2(c3cc(Br)ccc3F)CO[C@@H](CO)[C@@H]2CS1)c1ccccc1.O=C[C@@H]1OC[C@@]2(c3cc(Br)ccc3F)N=C(CC(=O)c3ccccc3)SC[C@@H]12. The van der Waals surface area contributed by atoms with Gasteiger partial charge in [0.1, 0.15) is 52.6 Å². The standard InChI is InChI=1S/C21H17BrF3NO2S.C21H19BrFNO3S.C21H17BrFNO3S.2CH4/c22-13-6-7-16(23)14(8-13)21-11-28-19(20(24)25)15(21)10-29-18(26-21)9-17(27)12-4-2-1-3-5-12;2*22-14-6-7-17(23)15(8-14)21-12-27-19(10-25)16(21)11-28-20(24-21)9-18(26)13-4-2-1-3-5-13;;/h1-8,15,19-20H,9-11H2;1-8,16,19,25H,9-12H2;1-8,10,16,19H,9,11-12H2;2*1H4/t15-,19+,21-;2*16-,19-,21-;;/m000../s1. The lowest BCUT2D eigenvalue weighted by molar-refractivity contribution is -0.116. The van der Waals surface area contributed by atoms with Crippen molar-refractivity contribution < 1.29 is 60.4 Å². The predicted octanol–water partition coefficient (Wildman–Crippen LogP) is 15.4. The van der Waals surface area contributed by atoms with Crippen molar-refractivity contribution in [2.24, 2.45) is 32.7 Å². The lowest BCUT2D eigenvalue weighted by Crippen LogP contribution is -2.43. The number of nitrogens with zero attached hydrogens (tertiary/aromatic N) is 3. The third-order valence-electron chi connectivity index (χ3n) is 15.8. The Labute approximate surface area is 540 Å². The Morgan fingerprint density at radius 1 is 0.529 bits per heavy atom. The number of aliphatic imine (C=N–C) groups is 3. The summed E-state index contributed by atoms with van der Waals surface area (Å²) in [7, 11) is 0. The van der Waals surface area contributed by atoms with Crippen LogP contribution in [0.15, 0.2) is 174 Å². The number of hydrogen-bond donors (Lipinski definition) is 1. The second kappa shape index (κ2) is 29.7. The molecule has 0 aliphatic carbocycles. The van der Waals surface area contributed by atoms with Crippen LogP contribution in [0.5, 0.6) is 0 Å². The van der Waals surface area contributed by atoms with Crippen LogP contribution in [-0.4, -0.2) is 112 Å². The Morgan fingerprint density at radius 2 is 0.874 bits per heavy atom. The Hall–Kier alpha value is -5.01. The van der Waals surface area contributed by atoms with Crippen LogP contribution in [-0.2, 0) is 35.6 Å². The van der Waals surface area contributed by atoms with Gasteiger partial charge in [0.15, 0.2) is 17.3 Å². The van der Waals surface area contributed by atoms with Crippen LogP contribution >= 0.6 is 83.1 Å². The van der Waals surface area contributed by atoms with Crippen molar-refractivity contribution >= 4 is 122 Å². The maximum absolute atomic E-state index is 14.8. The summed E-state index contributed by atoms with van der Waals surface area (Å²) in [5.41, 5.74) is -0.370. The first-order valence-corrected chi connectivity index (χ1v) is 32.3. The van der Waals surface area contributed by atoms with Gasteiger partial charge in [0.2, 0.25) is 0 Å². The number of halogens is 8. The highest BCUT2D eigenvalue weighted by atomic mass is 79.9. The van der Waals surface area contributed by atoms with Crippen LogP contribution in [0.1, 0.15) is 81.9 Å². The van der Waals surface area contributed by atoms with Crippen LogP contribution in [0.2, 0.25) is 0 Å². The molecule has 0 unspecified atom stereocenters. The molecule has 0 aromatic heterocycles. The highest BCUT2D eigenvalue weighted by Crippen LogP contribution is 2.53. The van der Waals surface area contributed by atoms with Crippen LogP contribution in [0.25, 0.3) is 0 Å². The second-order valence-electron chi connectivity index (χ2n) is 20.9. The van der Waals surface area contributed by atoms with E-state index in [1.807, 2.05) is 42.5 Å².